The minimum absolute atomic E-state index is 0.157. The van der Waals surface area contributed by atoms with Gasteiger partial charge < -0.3 is 15.8 Å². The number of rotatable bonds is 3. The van der Waals surface area contributed by atoms with Crippen molar-refractivity contribution in [1.29, 1.82) is 0 Å². The first-order valence-electron chi connectivity index (χ1n) is 7.61. The topological polar surface area (TPSA) is 47.3 Å². The molecule has 2 fully saturated rings. The van der Waals surface area contributed by atoms with Crippen LogP contribution >= 0.6 is 0 Å². The van der Waals surface area contributed by atoms with Crippen molar-refractivity contribution in [1.82, 2.24) is 5.32 Å². The summed E-state index contributed by atoms with van der Waals surface area (Å²) in [5.41, 5.74) is 5.37. The van der Waals surface area contributed by atoms with Crippen molar-refractivity contribution in [3.63, 3.8) is 0 Å². The first-order valence-corrected chi connectivity index (χ1v) is 7.61. The summed E-state index contributed by atoms with van der Waals surface area (Å²) in [7, 11) is 0. The van der Waals surface area contributed by atoms with E-state index in [1.54, 1.807) is 0 Å². The summed E-state index contributed by atoms with van der Waals surface area (Å²) < 4.78 is 43.2. The van der Waals surface area contributed by atoms with Crippen molar-refractivity contribution >= 4 is 0 Å². The molecule has 0 aromatic rings. The highest BCUT2D eigenvalue weighted by atomic mass is 19.4. The Morgan fingerprint density at radius 3 is 2.35 bits per heavy atom. The molecule has 3 nitrogen and oxygen atoms in total. The van der Waals surface area contributed by atoms with Gasteiger partial charge in [0.2, 0.25) is 0 Å². The van der Waals surface area contributed by atoms with E-state index in [9.17, 15) is 13.2 Å². The molecule has 0 spiro atoms. The Labute approximate surface area is 118 Å². The van der Waals surface area contributed by atoms with Crippen LogP contribution in [0.25, 0.3) is 0 Å². The minimum Gasteiger partial charge on any atom is -0.364 e. The molecule has 118 valence electrons. The average Bonchev–Trinajstić information content (AvgIpc) is 2.66. The molecule has 6 heteroatoms. The summed E-state index contributed by atoms with van der Waals surface area (Å²) in [5, 5.41) is 3.15. The van der Waals surface area contributed by atoms with Crippen molar-refractivity contribution in [2.24, 2.45) is 11.7 Å². The van der Waals surface area contributed by atoms with E-state index in [-0.39, 0.29) is 12.0 Å². The second-order valence-corrected chi connectivity index (χ2v) is 6.11. The van der Waals surface area contributed by atoms with Gasteiger partial charge in [0.05, 0.1) is 5.60 Å². The fraction of sp³-hybridized carbons (Fsp3) is 1.00. The number of nitrogens with one attached hydrogen (secondary N) is 1. The van der Waals surface area contributed by atoms with Gasteiger partial charge in [0.1, 0.15) is 6.61 Å². The first kappa shape index (κ1) is 16.0. The Hall–Kier alpha value is -0.330. The summed E-state index contributed by atoms with van der Waals surface area (Å²) in [5.74, 6) is 0.157. The van der Waals surface area contributed by atoms with Gasteiger partial charge in [-0.15, -0.1) is 0 Å². The average molecular weight is 294 g/mol. The molecule has 0 amide bonds. The van der Waals surface area contributed by atoms with Gasteiger partial charge in [0.25, 0.3) is 0 Å². The quantitative estimate of drug-likeness (QED) is 0.787. The van der Waals surface area contributed by atoms with Crippen molar-refractivity contribution in [3.8, 4) is 0 Å². The number of ether oxygens (including phenoxy) is 1. The summed E-state index contributed by atoms with van der Waals surface area (Å²) in [6.45, 7) is 0.0353. The van der Waals surface area contributed by atoms with Gasteiger partial charge in [-0.3, -0.25) is 0 Å². The predicted octanol–water partition coefficient (Wildman–Crippen LogP) is 2.60. The van der Waals surface area contributed by atoms with Crippen LogP contribution in [0.15, 0.2) is 0 Å². The van der Waals surface area contributed by atoms with Gasteiger partial charge in [0.15, 0.2) is 0 Å². The van der Waals surface area contributed by atoms with E-state index in [2.05, 4.69) is 5.32 Å². The molecule has 3 N–H and O–H groups in total. The standard InChI is InChI=1S/C14H25F3N2O/c15-14(16,17)10-20-13(7-8-19-9-12(13)18)11-5-3-1-2-4-6-11/h11-12,19H,1-10,18H2. The van der Waals surface area contributed by atoms with Crippen LogP contribution in [0.3, 0.4) is 0 Å². The number of piperidine rings is 1. The van der Waals surface area contributed by atoms with E-state index in [0.717, 1.165) is 25.7 Å². The Bertz CT molecular complexity index is 303. The zero-order valence-electron chi connectivity index (χ0n) is 11.8. The molecule has 20 heavy (non-hydrogen) atoms. The predicted molar refractivity (Wildman–Crippen MR) is 71.4 cm³/mol. The number of halogens is 3. The van der Waals surface area contributed by atoms with Crippen LogP contribution in [0, 0.1) is 5.92 Å². The molecule has 0 aromatic heterocycles. The highest BCUT2D eigenvalue weighted by Crippen LogP contribution is 2.40. The number of alkyl halides is 3. The highest BCUT2D eigenvalue weighted by Gasteiger charge is 2.48. The number of hydrogen-bond donors (Lipinski definition) is 2. The third kappa shape index (κ3) is 3.86. The third-order valence-corrected chi connectivity index (χ3v) is 4.74. The fourth-order valence-corrected chi connectivity index (χ4v) is 3.69. The zero-order valence-corrected chi connectivity index (χ0v) is 11.8. The van der Waals surface area contributed by atoms with Gasteiger partial charge in [-0.2, -0.15) is 13.2 Å². The molecule has 2 atom stereocenters. The van der Waals surface area contributed by atoms with Crippen molar-refractivity contribution in [2.45, 2.75) is 62.8 Å². The van der Waals surface area contributed by atoms with Crippen LogP contribution in [0.1, 0.15) is 44.9 Å². The molecule has 2 aliphatic rings. The second kappa shape index (κ2) is 6.62. The molecule has 1 saturated carbocycles. The molecule has 2 rings (SSSR count). The smallest absolute Gasteiger partial charge is 0.364 e. The highest BCUT2D eigenvalue weighted by molar-refractivity contribution is 5.01. The molecule has 0 radical (unpaired) electrons. The lowest BCUT2D eigenvalue weighted by atomic mass is 9.73. The number of nitrogens with two attached hydrogens (primary N) is 1. The molecule has 1 aliphatic heterocycles. The lowest BCUT2D eigenvalue weighted by Gasteiger charge is -2.47. The van der Waals surface area contributed by atoms with Crippen molar-refractivity contribution in [3.05, 3.63) is 0 Å². The lowest BCUT2D eigenvalue weighted by molar-refractivity contribution is -0.225. The van der Waals surface area contributed by atoms with Gasteiger partial charge >= 0.3 is 6.18 Å². The van der Waals surface area contributed by atoms with Crippen LogP contribution in [0.4, 0.5) is 13.2 Å². The van der Waals surface area contributed by atoms with E-state index in [1.165, 1.54) is 12.8 Å². The maximum absolute atomic E-state index is 12.6. The summed E-state index contributed by atoms with van der Waals surface area (Å²) in [4.78, 5) is 0. The lowest BCUT2D eigenvalue weighted by Crippen LogP contribution is -2.64. The van der Waals surface area contributed by atoms with Gasteiger partial charge in [-0.05, 0) is 31.7 Å². The SMILES string of the molecule is NC1CNCCC1(OCC(F)(F)F)C1CCCCCC1. The number of hydrogen-bond acceptors (Lipinski definition) is 3. The van der Waals surface area contributed by atoms with Crippen LogP contribution < -0.4 is 11.1 Å². The van der Waals surface area contributed by atoms with Gasteiger partial charge in [0, 0.05) is 12.6 Å². The molecule has 0 bridgehead atoms. The van der Waals surface area contributed by atoms with E-state index in [4.69, 9.17) is 10.5 Å². The van der Waals surface area contributed by atoms with E-state index in [0.29, 0.717) is 19.5 Å². The van der Waals surface area contributed by atoms with E-state index >= 15 is 0 Å². The largest absolute Gasteiger partial charge is 0.411 e. The first-order chi connectivity index (χ1) is 9.44. The molecule has 1 aliphatic carbocycles. The molecule has 1 saturated heterocycles. The third-order valence-electron chi connectivity index (χ3n) is 4.74. The van der Waals surface area contributed by atoms with Crippen LogP contribution in [0.5, 0.6) is 0 Å². The molecular formula is C14H25F3N2O. The zero-order chi connectivity index (χ0) is 14.6. The Kier molecular flexibility index (Phi) is 5.31. The Balaban J connectivity index is 2.13. The monoisotopic (exact) mass is 294 g/mol. The van der Waals surface area contributed by atoms with Crippen LogP contribution in [-0.4, -0.2) is 37.5 Å². The maximum Gasteiger partial charge on any atom is 0.411 e. The second-order valence-electron chi connectivity index (χ2n) is 6.11. The van der Waals surface area contributed by atoms with E-state index in [1.807, 2.05) is 0 Å². The van der Waals surface area contributed by atoms with Crippen molar-refractivity contribution < 1.29 is 17.9 Å². The Morgan fingerprint density at radius 1 is 1.15 bits per heavy atom. The van der Waals surface area contributed by atoms with Crippen LogP contribution in [0.2, 0.25) is 0 Å². The summed E-state index contributed by atoms with van der Waals surface area (Å²) in [6, 6.07) is -0.360. The minimum atomic E-state index is -4.29. The molecular weight excluding hydrogens is 269 g/mol. The molecule has 2 unspecified atom stereocenters. The van der Waals surface area contributed by atoms with Crippen LogP contribution in [-0.2, 0) is 4.74 Å². The molecule has 1 heterocycles. The Morgan fingerprint density at radius 2 is 1.80 bits per heavy atom. The van der Waals surface area contributed by atoms with Crippen molar-refractivity contribution in [2.75, 3.05) is 19.7 Å². The summed E-state index contributed by atoms with van der Waals surface area (Å²) in [6.07, 6.45) is 2.64. The van der Waals surface area contributed by atoms with E-state index < -0.39 is 18.4 Å². The van der Waals surface area contributed by atoms with Gasteiger partial charge in [-0.25, -0.2) is 0 Å². The molecule has 0 aromatic carbocycles. The normalized spacial score (nSPS) is 33.9. The maximum atomic E-state index is 12.6. The summed E-state index contributed by atoms with van der Waals surface area (Å²) >= 11 is 0. The fourth-order valence-electron chi connectivity index (χ4n) is 3.69. The van der Waals surface area contributed by atoms with Gasteiger partial charge in [-0.1, -0.05) is 25.7 Å².